The monoisotopic (exact) mass is 358 g/mol. The number of nitrogens with one attached hydrogen (secondary N) is 2. The molecule has 0 atom stereocenters. The zero-order valence-corrected chi connectivity index (χ0v) is 14.1. The van der Waals surface area contributed by atoms with Gasteiger partial charge < -0.3 is 15.2 Å². The molecule has 0 heterocycles. The smallest absolute Gasteiger partial charge is 0.244 e. The number of ether oxygens (including phenoxy) is 1. The van der Waals surface area contributed by atoms with Gasteiger partial charge in [-0.25, -0.2) is 0 Å². The number of aromatic hydroxyl groups is 1. The van der Waals surface area contributed by atoms with E-state index >= 15 is 0 Å². The molecule has 0 spiro atoms. The molecule has 0 aromatic heterocycles. The highest BCUT2D eigenvalue weighted by Gasteiger charge is 2.01. The number of carbonyl (C=O) groups excluding carboxylic acids is 1. The maximum atomic E-state index is 11.7. The molecule has 0 saturated carbocycles. The highest BCUT2D eigenvalue weighted by Crippen LogP contribution is 2.16. The minimum absolute atomic E-state index is 0.120. The molecule has 2 aromatic rings. The number of amides is 1. The van der Waals surface area contributed by atoms with Gasteiger partial charge in [0, 0.05) is 17.2 Å². The fraction of sp³-hybridized carbons (Fsp3) is 0.111. The maximum Gasteiger partial charge on any atom is 0.244 e. The number of phenols is 1. The molecule has 6 nitrogen and oxygen atoms in total. The lowest BCUT2D eigenvalue weighted by Gasteiger charge is -2.08. The van der Waals surface area contributed by atoms with Crippen LogP contribution in [0.1, 0.15) is 11.1 Å². The second-order valence-corrected chi connectivity index (χ2v) is 5.41. The van der Waals surface area contributed by atoms with Gasteiger partial charge in [0.2, 0.25) is 5.91 Å². The first-order valence-electron chi connectivity index (χ1n) is 7.51. The van der Waals surface area contributed by atoms with E-state index in [0.717, 1.165) is 0 Å². The summed E-state index contributed by atoms with van der Waals surface area (Å²) < 4.78 is 5.50. The highest BCUT2D eigenvalue weighted by molar-refractivity contribution is 7.80. The van der Waals surface area contributed by atoms with E-state index in [4.69, 9.17) is 22.2 Å². The van der Waals surface area contributed by atoms with Crippen LogP contribution in [-0.2, 0) is 4.79 Å². The Bertz CT molecular complexity index is 760. The molecule has 0 saturated heterocycles. The first kappa shape index (κ1) is 18.4. The number of thiocarbonyl (C=S) groups is 1. The Kier molecular flexibility index (Phi) is 6.94. The summed E-state index contributed by atoms with van der Waals surface area (Å²) >= 11 is 4.90. The first-order valence-corrected chi connectivity index (χ1v) is 7.92. The Labute approximate surface area is 150 Å². The Morgan fingerprint density at radius 3 is 2.56 bits per heavy atom. The van der Waals surface area contributed by atoms with E-state index in [1.165, 1.54) is 6.08 Å². The predicted octanol–water partition coefficient (Wildman–Crippen LogP) is 2.25. The third-order valence-electron chi connectivity index (χ3n) is 3.24. The number of benzene rings is 2. The molecule has 25 heavy (non-hydrogen) atoms. The number of para-hydroxylation sites is 1. The fourth-order valence-electron chi connectivity index (χ4n) is 1.96. The molecular formula is C18H18N2O4S. The van der Waals surface area contributed by atoms with E-state index in [1.54, 1.807) is 54.6 Å². The van der Waals surface area contributed by atoms with Gasteiger partial charge in [-0.2, -0.15) is 0 Å². The zero-order chi connectivity index (χ0) is 18.1. The molecule has 0 unspecified atom stereocenters. The van der Waals surface area contributed by atoms with Crippen LogP contribution in [0.25, 0.3) is 6.08 Å². The summed E-state index contributed by atoms with van der Waals surface area (Å²) in [6.45, 7) is 0.639. The summed E-state index contributed by atoms with van der Waals surface area (Å²) in [5.41, 5.74) is 3.16. The quantitative estimate of drug-likeness (QED) is 0.263. The summed E-state index contributed by atoms with van der Waals surface area (Å²) in [6, 6.07) is 13.6. The molecule has 130 valence electrons. The van der Waals surface area contributed by atoms with Crippen LogP contribution in [0.5, 0.6) is 11.5 Å². The average molecular weight is 358 g/mol. The van der Waals surface area contributed by atoms with Gasteiger partial charge in [-0.3, -0.25) is 15.5 Å². The van der Waals surface area contributed by atoms with Gasteiger partial charge >= 0.3 is 0 Å². The van der Waals surface area contributed by atoms with E-state index in [0.29, 0.717) is 30.0 Å². The number of carbonyl (C=O) groups is 1. The largest absolute Gasteiger partial charge is 0.507 e. The minimum Gasteiger partial charge on any atom is -0.507 e. The molecule has 2 aromatic carbocycles. The standard InChI is InChI=1S/C18H18N2O4S/c21-16-4-2-1-3-13(16)7-10-17(22)19-11-12-24-15-8-5-14(6-9-15)18(25)20-23/h1-10,21,23H,11-12H2,(H,19,22)(H,20,25). The van der Waals surface area contributed by atoms with Crippen molar-refractivity contribution >= 4 is 29.2 Å². The predicted molar refractivity (Wildman–Crippen MR) is 98.7 cm³/mol. The summed E-state index contributed by atoms with van der Waals surface area (Å²) in [5.74, 6) is 0.472. The van der Waals surface area contributed by atoms with Gasteiger partial charge in [0.05, 0.1) is 6.54 Å². The zero-order valence-electron chi connectivity index (χ0n) is 13.3. The van der Waals surface area contributed by atoms with Crippen molar-refractivity contribution < 1.29 is 19.8 Å². The van der Waals surface area contributed by atoms with Gasteiger partial charge in [0.1, 0.15) is 23.1 Å². The molecule has 7 heteroatoms. The molecular weight excluding hydrogens is 340 g/mol. The van der Waals surface area contributed by atoms with Crippen LogP contribution >= 0.6 is 12.2 Å². The molecule has 0 aliphatic heterocycles. The summed E-state index contributed by atoms with van der Waals surface area (Å²) in [5, 5.41) is 21.0. The van der Waals surface area contributed by atoms with Crippen LogP contribution in [0, 0.1) is 0 Å². The highest BCUT2D eigenvalue weighted by atomic mass is 32.1. The van der Waals surface area contributed by atoms with Crippen molar-refractivity contribution in [1.82, 2.24) is 10.8 Å². The van der Waals surface area contributed by atoms with E-state index in [2.05, 4.69) is 5.32 Å². The summed E-state index contributed by atoms with van der Waals surface area (Å²) in [6.07, 6.45) is 2.90. The normalized spacial score (nSPS) is 10.4. The summed E-state index contributed by atoms with van der Waals surface area (Å²) in [7, 11) is 0. The number of phenolic OH excluding ortho intramolecular Hbond substituents is 1. The van der Waals surface area contributed by atoms with E-state index in [9.17, 15) is 9.90 Å². The molecule has 0 fully saturated rings. The van der Waals surface area contributed by atoms with Crippen LogP contribution in [-0.4, -0.2) is 34.4 Å². The molecule has 0 radical (unpaired) electrons. The van der Waals surface area contributed by atoms with Crippen LogP contribution in [0.2, 0.25) is 0 Å². The van der Waals surface area contributed by atoms with E-state index in [1.807, 2.05) is 5.48 Å². The average Bonchev–Trinajstić information content (AvgIpc) is 2.64. The molecule has 1 amide bonds. The lowest BCUT2D eigenvalue weighted by Crippen LogP contribution is -2.26. The van der Waals surface area contributed by atoms with Crippen LogP contribution in [0.15, 0.2) is 54.6 Å². The van der Waals surface area contributed by atoms with Crippen molar-refractivity contribution in [2.24, 2.45) is 0 Å². The van der Waals surface area contributed by atoms with E-state index < -0.39 is 0 Å². The number of hydroxylamine groups is 1. The third kappa shape index (κ3) is 5.91. The van der Waals surface area contributed by atoms with Crippen molar-refractivity contribution in [1.29, 1.82) is 0 Å². The minimum atomic E-state index is -0.276. The fourth-order valence-corrected chi connectivity index (χ4v) is 2.10. The number of rotatable bonds is 7. The SMILES string of the molecule is O=C(C=Cc1ccccc1O)NCCOc1ccc(C(=S)NO)cc1. The second kappa shape index (κ2) is 9.41. The van der Waals surface area contributed by atoms with Crippen LogP contribution in [0.3, 0.4) is 0 Å². The van der Waals surface area contributed by atoms with Crippen molar-refractivity contribution in [3.63, 3.8) is 0 Å². The van der Waals surface area contributed by atoms with Crippen molar-refractivity contribution in [3.8, 4) is 11.5 Å². The summed E-state index contributed by atoms with van der Waals surface area (Å²) in [4.78, 5) is 11.9. The lowest BCUT2D eigenvalue weighted by molar-refractivity contribution is -0.116. The van der Waals surface area contributed by atoms with E-state index in [-0.39, 0.29) is 16.6 Å². The maximum absolute atomic E-state index is 11.7. The van der Waals surface area contributed by atoms with Crippen molar-refractivity contribution in [3.05, 3.63) is 65.7 Å². The second-order valence-electron chi connectivity index (χ2n) is 5.00. The van der Waals surface area contributed by atoms with Gasteiger partial charge in [-0.1, -0.05) is 30.4 Å². The molecule has 0 bridgehead atoms. The van der Waals surface area contributed by atoms with Gasteiger partial charge in [-0.15, -0.1) is 0 Å². The molecule has 2 rings (SSSR count). The lowest BCUT2D eigenvalue weighted by atomic mass is 10.2. The third-order valence-corrected chi connectivity index (χ3v) is 3.57. The Morgan fingerprint density at radius 1 is 1.16 bits per heavy atom. The van der Waals surface area contributed by atoms with Crippen molar-refractivity contribution in [2.75, 3.05) is 13.2 Å². The van der Waals surface area contributed by atoms with Crippen molar-refractivity contribution in [2.45, 2.75) is 0 Å². The van der Waals surface area contributed by atoms with Gasteiger partial charge in [0.25, 0.3) is 0 Å². The first-order chi connectivity index (χ1) is 12.1. The molecule has 0 aliphatic rings. The van der Waals surface area contributed by atoms with Crippen LogP contribution < -0.4 is 15.5 Å². The van der Waals surface area contributed by atoms with Gasteiger partial charge in [-0.05, 0) is 36.4 Å². The topological polar surface area (TPSA) is 90.8 Å². The Hall–Kier alpha value is -2.90. The van der Waals surface area contributed by atoms with Gasteiger partial charge in [0.15, 0.2) is 0 Å². The molecule has 0 aliphatic carbocycles. The Balaban J connectivity index is 1.73. The van der Waals surface area contributed by atoms with Crippen LogP contribution in [0.4, 0.5) is 0 Å². The Morgan fingerprint density at radius 2 is 1.88 bits per heavy atom. The molecule has 4 N–H and O–H groups in total. The number of hydrogen-bond donors (Lipinski definition) is 4. The number of hydrogen-bond acceptors (Lipinski definition) is 5.